The molecular formula is C19H21N5OS. The molecule has 0 saturated heterocycles. The van der Waals surface area contributed by atoms with Crippen molar-refractivity contribution in [2.24, 2.45) is 0 Å². The molecule has 0 radical (unpaired) electrons. The molecule has 134 valence electrons. The van der Waals surface area contributed by atoms with Crippen LogP contribution in [0.4, 0.5) is 0 Å². The summed E-state index contributed by atoms with van der Waals surface area (Å²) in [6, 6.07) is 10.3. The molecule has 1 heterocycles. The normalized spacial score (nSPS) is 15.8. The number of rotatable bonds is 6. The summed E-state index contributed by atoms with van der Waals surface area (Å²) in [5.74, 6) is 0.683. The maximum atomic E-state index is 12.1. The van der Waals surface area contributed by atoms with Crippen LogP contribution in [0, 0.1) is 18.3 Å². The minimum Gasteiger partial charge on any atom is -0.337 e. The number of hydrogen-bond donors (Lipinski definition) is 2. The molecule has 0 aliphatic heterocycles. The van der Waals surface area contributed by atoms with Gasteiger partial charge in [-0.2, -0.15) is 5.26 Å². The molecule has 2 aromatic rings. The number of carbonyl (C=O) groups is 1. The van der Waals surface area contributed by atoms with Crippen LogP contribution in [0.15, 0.2) is 29.4 Å². The van der Waals surface area contributed by atoms with Gasteiger partial charge in [0.1, 0.15) is 11.4 Å². The van der Waals surface area contributed by atoms with E-state index in [2.05, 4.69) is 39.6 Å². The van der Waals surface area contributed by atoms with Gasteiger partial charge in [0.2, 0.25) is 11.1 Å². The van der Waals surface area contributed by atoms with Gasteiger partial charge in [-0.3, -0.25) is 9.89 Å². The molecule has 3 rings (SSSR count). The number of thioether (sulfide) groups is 1. The average Bonchev–Trinajstić information content (AvgIpc) is 3.29. The highest BCUT2D eigenvalue weighted by molar-refractivity contribution is 7.99. The van der Waals surface area contributed by atoms with E-state index in [0.29, 0.717) is 11.0 Å². The Labute approximate surface area is 157 Å². The first kappa shape index (κ1) is 18.2. The molecule has 1 fully saturated rings. The summed E-state index contributed by atoms with van der Waals surface area (Å²) < 4.78 is 0. The van der Waals surface area contributed by atoms with Crippen molar-refractivity contribution >= 4 is 29.8 Å². The van der Waals surface area contributed by atoms with Gasteiger partial charge in [-0.25, -0.2) is 4.98 Å². The molecule has 1 amide bonds. The number of H-pyrrole nitrogens is 1. The second-order valence-electron chi connectivity index (χ2n) is 6.43. The lowest BCUT2D eigenvalue weighted by Gasteiger charge is -2.21. The van der Waals surface area contributed by atoms with Crippen LogP contribution in [0.1, 0.15) is 42.6 Å². The lowest BCUT2D eigenvalue weighted by Crippen LogP contribution is -2.45. The topological polar surface area (TPSA) is 94.5 Å². The zero-order chi connectivity index (χ0) is 18.4. The fourth-order valence-corrected chi connectivity index (χ4v) is 3.62. The Balaban J connectivity index is 1.53. The van der Waals surface area contributed by atoms with Crippen LogP contribution < -0.4 is 5.32 Å². The SMILES string of the molecule is Cc1ccccc1C=Cc1nc(SCC(=O)NC2(C#N)CCCC2)n[nH]1. The fraction of sp³-hybridized carbons (Fsp3) is 0.368. The molecule has 0 atom stereocenters. The van der Waals surface area contributed by atoms with Crippen molar-refractivity contribution < 1.29 is 4.79 Å². The number of benzene rings is 1. The van der Waals surface area contributed by atoms with Crippen LogP contribution in [0.3, 0.4) is 0 Å². The number of aryl methyl sites for hydroxylation is 1. The average molecular weight is 367 g/mol. The quantitative estimate of drug-likeness (QED) is 0.764. The van der Waals surface area contributed by atoms with E-state index in [9.17, 15) is 10.1 Å². The van der Waals surface area contributed by atoms with Crippen LogP contribution in [-0.2, 0) is 4.79 Å². The zero-order valence-corrected chi connectivity index (χ0v) is 15.5. The van der Waals surface area contributed by atoms with E-state index in [0.717, 1.165) is 31.2 Å². The minimum atomic E-state index is -0.682. The van der Waals surface area contributed by atoms with Gasteiger partial charge in [0, 0.05) is 0 Å². The second kappa shape index (κ2) is 8.19. The number of nitriles is 1. The first-order valence-corrected chi connectivity index (χ1v) is 9.60. The maximum Gasteiger partial charge on any atom is 0.231 e. The summed E-state index contributed by atoms with van der Waals surface area (Å²) in [7, 11) is 0. The lowest BCUT2D eigenvalue weighted by atomic mass is 10.0. The lowest BCUT2D eigenvalue weighted by molar-refractivity contribution is -0.119. The molecule has 1 aromatic heterocycles. The van der Waals surface area contributed by atoms with Crippen LogP contribution >= 0.6 is 11.8 Å². The van der Waals surface area contributed by atoms with E-state index in [1.807, 2.05) is 30.4 Å². The molecule has 0 bridgehead atoms. The summed E-state index contributed by atoms with van der Waals surface area (Å²) in [4.78, 5) is 16.5. The predicted octanol–water partition coefficient (Wildman–Crippen LogP) is 3.33. The Morgan fingerprint density at radius 2 is 2.15 bits per heavy atom. The fourth-order valence-electron chi connectivity index (χ4n) is 3.02. The molecule has 26 heavy (non-hydrogen) atoms. The van der Waals surface area contributed by atoms with Crippen molar-refractivity contribution in [3.05, 3.63) is 41.2 Å². The molecule has 2 N–H and O–H groups in total. The standard InChI is InChI=1S/C19H21N5OS/c1-14-6-2-3-7-15(14)8-9-16-21-18(24-23-16)26-12-17(25)22-19(13-20)10-4-5-11-19/h2-3,6-9H,4-5,10-12H2,1H3,(H,22,25)(H,21,23,24). The predicted molar refractivity (Wildman–Crippen MR) is 102 cm³/mol. The summed E-state index contributed by atoms with van der Waals surface area (Å²) in [5, 5.41) is 19.7. The molecule has 0 unspecified atom stereocenters. The second-order valence-corrected chi connectivity index (χ2v) is 7.37. The number of nitrogens with zero attached hydrogens (tertiary/aromatic N) is 3. The minimum absolute atomic E-state index is 0.153. The molecule has 6 nitrogen and oxygen atoms in total. The molecule has 1 aromatic carbocycles. The molecule has 1 aliphatic carbocycles. The van der Waals surface area contributed by atoms with Gasteiger partial charge in [0.15, 0.2) is 0 Å². The third kappa shape index (κ3) is 4.52. The Bertz CT molecular complexity index is 846. The number of aromatic nitrogens is 3. The number of hydrogen-bond acceptors (Lipinski definition) is 5. The maximum absolute atomic E-state index is 12.1. The number of aromatic amines is 1. The highest BCUT2D eigenvalue weighted by Gasteiger charge is 2.35. The highest BCUT2D eigenvalue weighted by Crippen LogP contribution is 2.29. The summed E-state index contributed by atoms with van der Waals surface area (Å²) in [5.41, 5.74) is 1.63. The van der Waals surface area contributed by atoms with E-state index in [4.69, 9.17) is 0 Å². The van der Waals surface area contributed by atoms with Gasteiger partial charge >= 0.3 is 0 Å². The number of amides is 1. The Kier molecular flexibility index (Phi) is 5.74. The first-order valence-electron chi connectivity index (χ1n) is 8.61. The Morgan fingerprint density at radius 1 is 1.38 bits per heavy atom. The van der Waals surface area contributed by atoms with Crippen molar-refractivity contribution in [1.82, 2.24) is 20.5 Å². The van der Waals surface area contributed by atoms with E-state index >= 15 is 0 Å². The third-order valence-electron chi connectivity index (χ3n) is 4.47. The van der Waals surface area contributed by atoms with Gasteiger partial charge in [-0.15, -0.1) is 5.10 Å². The molecule has 7 heteroatoms. The van der Waals surface area contributed by atoms with Crippen molar-refractivity contribution in [3.8, 4) is 6.07 Å². The summed E-state index contributed by atoms with van der Waals surface area (Å²) in [6.07, 6.45) is 7.27. The largest absolute Gasteiger partial charge is 0.337 e. The van der Waals surface area contributed by atoms with E-state index in [-0.39, 0.29) is 11.7 Å². The summed E-state index contributed by atoms with van der Waals surface area (Å²) >= 11 is 1.26. The van der Waals surface area contributed by atoms with Gasteiger partial charge in [0.25, 0.3) is 0 Å². The van der Waals surface area contributed by atoms with E-state index in [1.54, 1.807) is 0 Å². The van der Waals surface area contributed by atoms with Gasteiger partial charge < -0.3 is 5.32 Å². The molecule has 1 aliphatic rings. The van der Waals surface area contributed by atoms with Crippen LogP contribution in [0.2, 0.25) is 0 Å². The number of carbonyl (C=O) groups excluding carboxylic acids is 1. The molecule has 1 saturated carbocycles. The Hall–Kier alpha value is -2.59. The third-order valence-corrected chi connectivity index (χ3v) is 5.32. The van der Waals surface area contributed by atoms with Crippen molar-refractivity contribution in [1.29, 1.82) is 5.26 Å². The van der Waals surface area contributed by atoms with Crippen LogP contribution in [0.25, 0.3) is 12.2 Å². The van der Waals surface area contributed by atoms with E-state index < -0.39 is 5.54 Å². The molecule has 0 spiro atoms. The van der Waals surface area contributed by atoms with Gasteiger partial charge in [0.05, 0.1) is 11.8 Å². The first-order chi connectivity index (χ1) is 12.6. The smallest absolute Gasteiger partial charge is 0.231 e. The monoisotopic (exact) mass is 367 g/mol. The van der Waals surface area contributed by atoms with Gasteiger partial charge in [-0.1, -0.05) is 42.1 Å². The highest BCUT2D eigenvalue weighted by atomic mass is 32.2. The van der Waals surface area contributed by atoms with Gasteiger partial charge in [-0.05, 0) is 49.8 Å². The van der Waals surface area contributed by atoms with Crippen molar-refractivity contribution in [2.75, 3.05) is 5.75 Å². The zero-order valence-electron chi connectivity index (χ0n) is 14.7. The number of nitrogens with one attached hydrogen (secondary N) is 2. The molecular weight excluding hydrogens is 346 g/mol. The van der Waals surface area contributed by atoms with Crippen molar-refractivity contribution in [2.45, 2.75) is 43.3 Å². The van der Waals surface area contributed by atoms with E-state index in [1.165, 1.54) is 17.3 Å². The Morgan fingerprint density at radius 3 is 2.88 bits per heavy atom. The van der Waals surface area contributed by atoms with Crippen LogP contribution in [0.5, 0.6) is 0 Å². The summed E-state index contributed by atoms with van der Waals surface area (Å²) in [6.45, 7) is 2.05. The van der Waals surface area contributed by atoms with Crippen molar-refractivity contribution in [3.63, 3.8) is 0 Å². The van der Waals surface area contributed by atoms with Crippen LogP contribution in [-0.4, -0.2) is 32.4 Å².